The number of aldehydes is 1. The van der Waals surface area contributed by atoms with Gasteiger partial charge in [-0.1, -0.05) is 0 Å². The molecule has 6 heteroatoms. The number of piperidine rings is 1. The van der Waals surface area contributed by atoms with Crippen molar-refractivity contribution in [1.82, 2.24) is 0 Å². The molecule has 1 aliphatic heterocycles. The van der Waals surface area contributed by atoms with Crippen LogP contribution in [0.25, 0.3) is 0 Å². The summed E-state index contributed by atoms with van der Waals surface area (Å²) in [7, 11) is 0. The van der Waals surface area contributed by atoms with Crippen molar-refractivity contribution in [2.75, 3.05) is 18.0 Å². The van der Waals surface area contributed by atoms with Gasteiger partial charge in [-0.2, -0.15) is 0 Å². The van der Waals surface area contributed by atoms with E-state index in [0.29, 0.717) is 31.6 Å². The van der Waals surface area contributed by atoms with Gasteiger partial charge in [0.2, 0.25) is 0 Å². The highest BCUT2D eigenvalue weighted by atomic mass is 19.1. The van der Waals surface area contributed by atoms with Crippen LogP contribution < -0.4 is 4.90 Å². The molecule has 0 radical (unpaired) electrons. The summed E-state index contributed by atoms with van der Waals surface area (Å²) in [6.45, 7) is 1.16. The predicted molar refractivity (Wildman–Crippen MR) is 64.1 cm³/mol. The van der Waals surface area contributed by atoms with Gasteiger partial charge in [0.25, 0.3) is 5.69 Å². The van der Waals surface area contributed by atoms with Crippen LogP contribution >= 0.6 is 0 Å². The minimum atomic E-state index is -0.617. The number of rotatable bonds is 3. The average Bonchev–Trinajstić information content (AvgIpc) is 2.39. The van der Waals surface area contributed by atoms with E-state index in [1.54, 1.807) is 0 Å². The van der Waals surface area contributed by atoms with Crippen molar-refractivity contribution >= 4 is 17.7 Å². The molecule has 0 saturated carbocycles. The lowest BCUT2D eigenvalue weighted by Gasteiger charge is -2.31. The van der Waals surface area contributed by atoms with E-state index in [4.69, 9.17) is 0 Å². The number of halogens is 1. The molecule has 0 bridgehead atoms. The maximum Gasteiger partial charge on any atom is 0.295 e. The second-order valence-electron chi connectivity index (χ2n) is 4.35. The lowest BCUT2D eigenvalue weighted by atomic mass is 9.98. The van der Waals surface area contributed by atoms with Crippen LogP contribution in [0.1, 0.15) is 12.8 Å². The molecule has 0 N–H and O–H groups in total. The van der Waals surface area contributed by atoms with Crippen LogP contribution in [0.3, 0.4) is 0 Å². The van der Waals surface area contributed by atoms with Crippen molar-refractivity contribution in [3.8, 4) is 0 Å². The lowest BCUT2D eigenvalue weighted by molar-refractivity contribution is -0.384. The zero-order valence-corrected chi connectivity index (χ0v) is 9.71. The Morgan fingerprint density at radius 2 is 2.06 bits per heavy atom. The molecule has 96 valence electrons. The van der Waals surface area contributed by atoms with Crippen LogP contribution in [-0.4, -0.2) is 24.3 Å². The quantitative estimate of drug-likeness (QED) is 0.469. The standard InChI is InChI=1S/C12H13FN2O3/c13-10-1-2-11(12(7-10)15(17)18)14-5-3-9(8-16)4-6-14/h1-2,7-9H,3-6H2. The minimum absolute atomic E-state index is 0.0285. The van der Waals surface area contributed by atoms with Crippen LogP contribution in [-0.2, 0) is 4.79 Å². The maximum atomic E-state index is 13.0. The third-order valence-electron chi connectivity index (χ3n) is 3.21. The molecule has 1 aliphatic rings. The summed E-state index contributed by atoms with van der Waals surface area (Å²) < 4.78 is 13.0. The number of anilines is 1. The summed E-state index contributed by atoms with van der Waals surface area (Å²) in [6.07, 6.45) is 2.28. The Labute approximate surface area is 103 Å². The second-order valence-corrected chi connectivity index (χ2v) is 4.35. The summed E-state index contributed by atoms with van der Waals surface area (Å²) in [5.41, 5.74) is 0.199. The van der Waals surface area contributed by atoms with E-state index >= 15 is 0 Å². The van der Waals surface area contributed by atoms with Crippen LogP contribution in [0, 0.1) is 21.8 Å². The van der Waals surface area contributed by atoms with Gasteiger partial charge >= 0.3 is 0 Å². The molecule has 5 nitrogen and oxygen atoms in total. The minimum Gasteiger partial charge on any atom is -0.366 e. The number of nitro benzene ring substituents is 1. The first kappa shape index (κ1) is 12.5. The molecule has 1 aromatic carbocycles. The van der Waals surface area contributed by atoms with Gasteiger partial charge in [-0.25, -0.2) is 4.39 Å². The first-order chi connectivity index (χ1) is 8.61. The van der Waals surface area contributed by atoms with Crippen LogP contribution in [0.4, 0.5) is 15.8 Å². The Bertz CT molecular complexity index is 470. The molecular formula is C12H13FN2O3. The van der Waals surface area contributed by atoms with Crippen molar-refractivity contribution in [3.63, 3.8) is 0 Å². The van der Waals surface area contributed by atoms with Gasteiger partial charge in [0.15, 0.2) is 0 Å². The normalized spacial score (nSPS) is 16.6. The van der Waals surface area contributed by atoms with E-state index in [0.717, 1.165) is 12.4 Å². The highest BCUT2D eigenvalue weighted by molar-refractivity contribution is 5.64. The number of nitrogens with zero attached hydrogens (tertiary/aromatic N) is 2. The molecule has 0 aliphatic carbocycles. The van der Waals surface area contributed by atoms with Crippen molar-refractivity contribution < 1.29 is 14.1 Å². The number of hydrogen-bond donors (Lipinski definition) is 0. The fraction of sp³-hybridized carbons (Fsp3) is 0.417. The molecule has 18 heavy (non-hydrogen) atoms. The van der Waals surface area contributed by atoms with Crippen LogP contribution in [0.15, 0.2) is 18.2 Å². The van der Waals surface area contributed by atoms with Gasteiger partial charge in [0.1, 0.15) is 17.8 Å². The van der Waals surface area contributed by atoms with E-state index in [-0.39, 0.29) is 11.6 Å². The number of carbonyl (C=O) groups is 1. The van der Waals surface area contributed by atoms with Gasteiger partial charge in [-0.15, -0.1) is 0 Å². The zero-order chi connectivity index (χ0) is 13.1. The summed E-state index contributed by atoms with van der Waals surface area (Å²) in [5, 5.41) is 10.9. The van der Waals surface area contributed by atoms with Gasteiger partial charge < -0.3 is 9.69 Å². The van der Waals surface area contributed by atoms with Crippen LogP contribution in [0.5, 0.6) is 0 Å². The van der Waals surface area contributed by atoms with Crippen molar-refractivity contribution in [2.45, 2.75) is 12.8 Å². The fourth-order valence-corrected chi connectivity index (χ4v) is 2.19. The second kappa shape index (κ2) is 5.12. The Balaban J connectivity index is 2.23. The maximum absolute atomic E-state index is 13.0. The van der Waals surface area contributed by atoms with Gasteiger partial charge in [0, 0.05) is 19.0 Å². The third kappa shape index (κ3) is 2.47. The monoisotopic (exact) mass is 252 g/mol. The summed E-state index contributed by atoms with van der Waals surface area (Å²) >= 11 is 0. The molecule has 0 aromatic heterocycles. The van der Waals surface area contributed by atoms with E-state index < -0.39 is 10.7 Å². The molecule has 0 spiro atoms. The summed E-state index contributed by atoms with van der Waals surface area (Å²) in [4.78, 5) is 22.8. The molecule has 1 aromatic rings. The van der Waals surface area contributed by atoms with E-state index in [1.807, 2.05) is 4.90 Å². The smallest absolute Gasteiger partial charge is 0.295 e. The van der Waals surface area contributed by atoms with E-state index in [2.05, 4.69) is 0 Å². The first-order valence-corrected chi connectivity index (χ1v) is 5.76. The third-order valence-corrected chi connectivity index (χ3v) is 3.21. The molecule has 2 rings (SSSR count). The molecule has 0 atom stereocenters. The number of carbonyl (C=O) groups excluding carboxylic acids is 1. The van der Waals surface area contributed by atoms with Gasteiger partial charge in [0.05, 0.1) is 11.0 Å². The SMILES string of the molecule is O=CC1CCN(c2ccc(F)cc2[N+](=O)[O-])CC1. The highest BCUT2D eigenvalue weighted by Crippen LogP contribution is 2.31. The molecule has 1 saturated heterocycles. The van der Waals surface area contributed by atoms with Gasteiger partial charge in [-0.3, -0.25) is 10.1 Å². The Hall–Kier alpha value is -1.98. The number of benzene rings is 1. The van der Waals surface area contributed by atoms with Crippen molar-refractivity contribution in [2.24, 2.45) is 5.92 Å². The zero-order valence-electron chi connectivity index (χ0n) is 9.71. The Morgan fingerprint density at radius 1 is 1.39 bits per heavy atom. The van der Waals surface area contributed by atoms with E-state index in [9.17, 15) is 19.3 Å². The lowest BCUT2D eigenvalue weighted by Crippen LogP contribution is -2.34. The Morgan fingerprint density at radius 3 is 2.61 bits per heavy atom. The molecule has 1 heterocycles. The predicted octanol–water partition coefficient (Wildman–Crippen LogP) is 2.15. The average molecular weight is 252 g/mol. The first-order valence-electron chi connectivity index (χ1n) is 5.76. The Kier molecular flexibility index (Phi) is 3.55. The fourth-order valence-electron chi connectivity index (χ4n) is 2.19. The largest absolute Gasteiger partial charge is 0.366 e. The van der Waals surface area contributed by atoms with Gasteiger partial charge in [-0.05, 0) is 25.0 Å². The molecule has 0 amide bonds. The van der Waals surface area contributed by atoms with Crippen LogP contribution in [0.2, 0.25) is 0 Å². The highest BCUT2D eigenvalue weighted by Gasteiger charge is 2.24. The van der Waals surface area contributed by atoms with Crippen molar-refractivity contribution in [3.05, 3.63) is 34.1 Å². The topological polar surface area (TPSA) is 63.5 Å². The van der Waals surface area contributed by atoms with E-state index in [1.165, 1.54) is 12.1 Å². The summed E-state index contributed by atoms with van der Waals surface area (Å²) in [6, 6.07) is 3.57. The summed E-state index contributed by atoms with van der Waals surface area (Å²) in [5.74, 6) is -0.589. The molecular weight excluding hydrogens is 239 g/mol. The number of hydrogen-bond acceptors (Lipinski definition) is 4. The van der Waals surface area contributed by atoms with Crippen molar-refractivity contribution in [1.29, 1.82) is 0 Å². The number of nitro groups is 1. The molecule has 1 fully saturated rings. The molecule has 0 unspecified atom stereocenters.